The summed E-state index contributed by atoms with van der Waals surface area (Å²) in [6.07, 6.45) is 0. The maximum absolute atomic E-state index is 5.87. The van der Waals surface area contributed by atoms with Gasteiger partial charge in [-0.15, -0.1) is 0 Å². The molecule has 2 N–H and O–H groups in total. The van der Waals surface area contributed by atoms with Crippen molar-refractivity contribution in [3.63, 3.8) is 0 Å². The van der Waals surface area contributed by atoms with Crippen LogP contribution >= 0.6 is 0 Å². The first-order valence-corrected chi connectivity index (χ1v) is 13.3. The summed E-state index contributed by atoms with van der Waals surface area (Å²) in [5.74, 6) is 1.57. The van der Waals surface area contributed by atoms with Gasteiger partial charge in [-0.25, -0.2) is 0 Å². The fraction of sp³-hybridized carbons (Fsp3) is 0.344. The van der Waals surface area contributed by atoms with E-state index in [0.29, 0.717) is 0 Å². The van der Waals surface area contributed by atoms with Crippen molar-refractivity contribution in [3.8, 4) is 16.9 Å². The highest BCUT2D eigenvalue weighted by molar-refractivity contribution is 6.07. The van der Waals surface area contributed by atoms with Gasteiger partial charge >= 0.3 is 0 Å². The van der Waals surface area contributed by atoms with E-state index < -0.39 is 0 Å². The zero-order valence-electron chi connectivity index (χ0n) is 23.4. The zero-order valence-corrected chi connectivity index (χ0v) is 23.4. The van der Waals surface area contributed by atoms with E-state index in [-0.39, 0.29) is 0 Å². The highest BCUT2D eigenvalue weighted by atomic mass is 16.5. The Hall–Kier alpha value is -3.61. The number of aromatic amines is 1. The van der Waals surface area contributed by atoms with E-state index in [1.54, 1.807) is 7.11 Å². The largest absolute Gasteiger partial charge is 0.496 e. The van der Waals surface area contributed by atoms with Crippen molar-refractivity contribution in [1.82, 2.24) is 20.4 Å². The van der Waals surface area contributed by atoms with Gasteiger partial charge in [0, 0.05) is 60.4 Å². The molecule has 5 rings (SSSR count). The molecule has 3 heterocycles. The van der Waals surface area contributed by atoms with Crippen LogP contribution in [0.2, 0.25) is 0 Å². The fourth-order valence-electron chi connectivity index (χ4n) is 5.80. The Kier molecular flexibility index (Phi) is 7.28. The zero-order chi connectivity index (χ0) is 27.0. The first-order valence-electron chi connectivity index (χ1n) is 13.3. The summed E-state index contributed by atoms with van der Waals surface area (Å²) < 4.78 is 11.3. The van der Waals surface area contributed by atoms with Crippen molar-refractivity contribution >= 4 is 27.6 Å². The van der Waals surface area contributed by atoms with E-state index in [2.05, 4.69) is 84.1 Å². The molecule has 0 radical (unpaired) electrons. The molecular weight excluding hydrogens is 472 g/mol. The second-order valence-corrected chi connectivity index (χ2v) is 10.4. The maximum atomic E-state index is 5.87. The van der Waals surface area contributed by atoms with E-state index in [1.165, 1.54) is 21.6 Å². The molecule has 6 heteroatoms. The lowest BCUT2D eigenvalue weighted by molar-refractivity contribution is 0.267. The Balaban J connectivity index is 1.63. The minimum Gasteiger partial charge on any atom is -0.496 e. The number of methoxy groups -OCH3 is 1. The lowest BCUT2D eigenvalue weighted by atomic mass is 9.93. The molecule has 4 aromatic rings. The molecule has 0 spiro atoms. The second kappa shape index (κ2) is 10.6. The fourth-order valence-corrected chi connectivity index (χ4v) is 5.80. The number of hydrogen-bond donors (Lipinski definition) is 2. The summed E-state index contributed by atoms with van der Waals surface area (Å²) in [5.41, 5.74) is 9.62. The van der Waals surface area contributed by atoms with Crippen LogP contribution in [-0.4, -0.2) is 54.9 Å². The Bertz CT molecular complexity index is 1610. The van der Waals surface area contributed by atoms with Gasteiger partial charge in [0.1, 0.15) is 11.5 Å². The first-order chi connectivity index (χ1) is 18.3. The molecule has 1 fully saturated rings. The van der Waals surface area contributed by atoms with Gasteiger partial charge in [0.15, 0.2) is 0 Å². The number of ether oxygens (including phenoxy) is 1. The Morgan fingerprint density at radius 3 is 2.45 bits per heavy atom. The maximum Gasteiger partial charge on any atom is 0.141 e. The lowest BCUT2D eigenvalue weighted by Gasteiger charge is -2.27. The average Bonchev–Trinajstić information content (AvgIpc) is 3.43. The number of aryl methyl sites for hydroxylation is 3. The molecule has 6 nitrogen and oxygen atoms in total. The van der Waals surface area contributed by atoms with Crippen LogP contribution in [0.25, 0.3) is 38.7 Å². The van der Waals surface area contributed by atoms with Crippen LogP contribution in [0.4, 0.5) is 0 Å². The first kappa shape index (κ1) is 26.0. The number of nitrogens with zero attached hydrogens (tertiary/aromatic N) is 2. The van der Waals surface area contributed by atoms with E-state index in [1.807, 2.05) is 13.8 Å². The summed E-state index contributed by atoms with van der Waals surface area (Å²) in [6.45, 7) is 20.3. The summed E-state index contributed by atoms with van der Waals surface area (Å²) in [4.78, 5) is 6.13. The summed E-state index contributed by atoms with van der Waals surface area (Å²) in [5, 5.41) is 11.2. The third-order valence-electron chi connectivity index (χ3n) is 7.82. The summed E-state index contributed by atoms with van der Waals surface area (Å²) in [7, 11) is 1.71. The Morgan fingerprint density at radius 2 is 1.79 bits per heavy atom. The topological polar surface area (TPSA) is 66.3 Å². The van der Waals surface area contributed by atoms with E-state index in [0.717, 1.165) is 88.8 Å². The van der Waals surface area contributed by atoms with Gasteiger partial charge in [0.2, 0.25) is 0 Å². The number of fused-ring (bicyclic) bond motifs is 1. The average molecular weight is 511 g/mol. The summed E-state index contributed by atoms with van der Waals surface area (Å²) >= 11 is 0. The molecule has 0 bridgehead atoms. The van der Waals surface area contributed by atoms with Gasteiger partial charge in [-0.05, 0) is 68.3 Å². The molecule has 2 aromatic heterocycles. The smallest absolute Gasteiger partial charge is 0.141 e. The monoisotopic (exact) mass is 510 g/mol. The number of rotatable bonds is 6. The van der Waals surface area contributed by atoms with Gasteiger partial charge in [-0.3, -0.25) is 4.90 Å². The van der Waals surface area contributed by atoms with Gasteiger partial charge in [-0.2, -0.15) is 0 Å². The van der Waals surface area contributed by atoms with Crippen LogP contribution in [0, 0.1) is 20.8 Å². The van der Waals surface area contributed by atoms with Gasteiger partial charge in [-0.1, -0.05) is 41.6 Å². The van der Waals surface area contributed by atoms with Crippen LogP contribution in [0.1, 0.15) is 36.6 Å². The van der Waals surface area contributed by atoms with Crippen molar-refractivity contribution < 1.29 is 9.26 Å². The third-order valence-corrected chi connectivity index (χ3v) is 7.82. The normalized spacial score (nSPS) is 16.1. The number of H-pyrrole nitrogens is 1. The molecule has 2 aromatic carbocycles. The van der Waals surface area contributed by atoms with Gasteiger partial charge in [0.05, 0.1) is 18.4 Å². The molecule has 1 saturated heterocycles. The highest BCUT2D eigenvalue weighted by Gasteiger charge is 2.21. The molecule has 0 unspecified atom stereocenters. The SMILES string of the molecule is C=C(/C(C)=c1\cccc\c1=C(\C)CN1CCNCC1)c1c(C)[nH]c2cc(-c3c(C)noc3C)c(OC)cc12. The molecule has 38 heavy (non-hydrogen) atoms. The second-order valence-electron chi connectivity index (χ2n) is 10.4. The van der Waals surface area contributed by atoms with Crippen LogP contribution in [-0.2, 0) is 0 Å². The number of aromatic nitrogens is 2. The van der Waals surface area contributed by atoms with Crippen LogP contribution < -0.4 is 20.5 Å². The van der Waals surface area contributed by atoms with Crippen molar-refractivity contribution in [3.05, 3.63) is 76.1 Å². The molecule has 198 valence electrons. The number of benzene rings is 2. The molecule has 0 atom stereocenters. The van der Waals surface area contributed by atoms with Crippen molar-refractivity contribution in [2.24, 2.45) is 0 Å². The minimum absolute atomic E-state index is 0.779. The van der Waals surface area contributed by atoms with Crippen molar-refractivity contribution in [1.29, 1.82) is 0 Å². The lowest BCUT2D eigenvalue weighted by Crippen LogP contribution is -2.44. The third kappa shape index (κ3) is 4.70. The highest BCUT2D eigenvalue weighted by Crippen LogP contribution is 2.41. The molecule has 1 aliphatic rings. The molecule has 1 aliphatic heterocycles. The van der Waals surface area contributed by atoms with Crippen molar-refractivity contribution in [2.45, 2.75) is 34.6 Å². The van der Waals surface area contributed by atoms with E-state index in [4.69, 9.17) is 9.26 Å². The minimum atomic E-state index is 0.779. The predicted octanol–water partition coefficient (Wildman–Crippen LogP) is 4.72. The number of hydrogen-bond acceptors (Lipinski definition) is 5. The van der Waals surface area contributed by atoms with Crippen molar-refractivity contribution in [2.75, 3.05) is 39.8 Å². The number of piperazine rings is 1. The Labute approximate surface area is 224 Å². The molecule has 0 amide bonds. The van der Waals surface area contributed by atoms with E-state index >= 15 is 0 Å². The van der Waals surface area contributed by atoms with E-state index in [9.17, 15) is 0 Å². The Morgan fingerprint density at radius 1 is 1.08 bits per heavy atom. The summed E-state index contributed by atoms with van der Waals surface area (Å²) in [6, 6.07) is 13.0. The van der Waals surface area contributed by atoms with Crippen LogP contribution in [0.15, 0.2) is 47.5 Å². The standard InChI is InChI=1S/C32H38N4O2/c1-19(18-36-14-12-33-13-15-36)25-10-8-9-11-26(25)20(2)21(3)31-22(4)34-29-16-28(30(37-7)17-27(29)31)32-23(5)35-38-24(32)6/h8-11,16-17,33-34H,3,12-15,18H2,1-2,4-7H3/b25-19+,26-20+. The molecular formula is C32H38N4O2. The van der Waals surface area contributed by atoms with Gasteiger partial charge in [0.25, 0.3) is 0 Å². The quantitative estimate of drug-likeness (QED) is 0.393. The van der Waals surface area contributed by atoms with Crippen LogP contribution in [0.3, 0.4) is 0 Å². The van der Waals surface area contributed by atoms with Crippen LogP contribution in [0.5, 0.6) is 5.75 Å². The molecule has 0 aliphatic carbocycles. The predicted molar refractivity (Wildman–Crippen MR) is 157 cm³/mol. The number of allylic oxidation sites excluding steroid dienone is 1. The number of nitrogens with one attached hydrogen (secondary N) is 2. The van der Waals surface area contributed by atoms with Gasteiger partial charge < -0.3 is 19.6 Å². The molecule has 0 saturated carbocycles.